The van der Waals surface area contributed by atoms with Gasteiger partial charge in [0, 0.05) is 12.8 Å². The fourth-order valence-electron chi connectivity index (χ4n) is 4.26. The molecule has 0 fully saturated rings. The zero-order valence-corrected chi connectivity index (χ0v) is 23.3. The highest BCUT2D eigenvalue weighted by molar-refractivity contribution is 6.31. The third kappa shape index (κ3) is 8.07. The number of carbonyl (C=O) groups is 2. The Morgan fingerprint density at radius 3 is 2.41 bits per heavy atom. The van der Waals surface area contributed by atoms with Crippen molar-refractivity contribution < 1.29 is 31.9 Å². The van der Waals surface area contributed by atoms with Crippen LogP contribution in [0.5, 0.6) is 0 Å². The monoisotopic (exact) mass is 589 g/mol. The number of Topliss-reactive ketones (excluding diaryl/α,β-unsaturated/α-hetero) is 1. The number of halogens is 5. The minimum atomic E-state index is -4.54. The molecule has 0 unspecified atom stereocenters. The van der Waals surface area contributed by atoms with Crippen LogP contribution < -0.4 is 5.32 Å². The summed E-state index contributed by atoms with van der Waals surface area (Å²) in [7, 11) is 0. The van der Waals surface area contributed by atoms with Gasteiger partial charge in [0.05, 0.1) is 27.7 Å². The first-order valence-electron chi connectivity index (χ1n) is 12.8. The molecule has 4 rings (SSSR count). The lowest BCUT2D eigenvalue weighted by atomic mass is 9.98. The van der Waals surface area contributed by atoms with Gasteiger partial charge in [-0.2, -0.15) is 13.2 Å². The maximum Gasteiger partial charge on any atom is 0.416 e. The topological polar surface area (TPSA) is 84.1 Å². The summed E-state index contributed by atoms with van der Waals surface area (Å²) in [6.07, 6.45) is -5.38. The number of alkyl carbamates (subject to hydrolysis) is 1. The van der Waals surface area contributed by atoms with E-state index in [-0.39, 0.29) is 29.8 Å². The van der Waals surface area contributed by atoms with Crippen molar-refractivity contribution in [1.29, 1.82) is 0 Å². The molecule has 216 valence electrons. The molecule has 6 nitrogen and oxygen atoms in total. The number of rotatable bonds is 8. The van der Waals surface area contributed by atoms with E-state index in [0.29, 0.717) is 16.9 Å². The molecule has 0 aliphatic carbocycles. The van der Waals surface area contributed by atoms with Crippen LogP contribution in [0.15, 0.2) is 60.7 Å². The van der Waals surface area contributed by atoms with Gasteiger partial charge in [0.1, 0.15) is 17.2 Å². The number of H-pyrrole nitrogens is 1. The smallest absolute Gasteiger partial charge is 0.416 e. The standard InChI is InChI=1S/C30H28ClF4N3O3/c1-29(2,3)41-28(40)38-25(14-17-5-4-6-20(13-17)30(33,34)35)26(39)11-12-27-36-23-10-8-19(16-24(23)37-27)18-7-9-22(32)21(31)15-18/h4-10,13,15-16,25H,11-12,14H2,1-3H3,(H,36,37)(H,38,40)/t25-/m1/s1. The molecule has 11 heteroatoms. The summed E-state index contributed by atoms with van der Waals surface area (Å²) in [5.41, 5.74) is 1.41. The normalized spacial score (nSPS) is 12.8. The lowest BCUT2D eigenvalue weighted by Gasteiger charge is -2.23. The van der Waals surface area contributed by atoms with Crippen molar-refractivity contribution in [2.75, 3.05) is 0 Å². The van der Waals surface area contributed by atoms with Crippen LogP contribution in [0.2, 0.25) is 5.02 Å². The highest BCUT2D eigenvalue weighted by atomic mass is 35.5. The Hall–Kier alpha value is -3.92. The van der Waals surface area contributed by atoms with Crippen LogP contribution in [0.1, 0.15) is 44.1 Å². The Balaban J connectivity index is 1.50. The number of ether oxygens (including phenoxy) is 1. The summed E-state index contributed by atoms with van der Waals surface area (Å²) in [5.74, 6) is -0.398. The maximum absolute atomic E-state index is 13.6. The molecule has 1 heterocycles. The molecule has 4 aromatic rings. The summed E-state index contributed by atoms with van der Waals surface area (Å²) >= 11 is 5.91. The molecule has 1 aromatic heterocycles. The van der Waals surface area contributed by atoms with E-state index in [1.807, 2.05) is 12.1 Å². The van der Waals surface area contributed by atoms with Crippen LogP contribution in [-0.2, 0) is 28.5 Å². The van der Waals surface area contributed by atoms with Crippen molar-refractivity contribution in [2.24, 2.45) is 0 Å². The van der Waals surface area contributed by atoms with Crippen molar-refractivity contribution in [1.82, 2.24) is 15.3 Å². The number of ketones is 1. The number of nitrogens with zero attached hydrogens (tertiary/aromatic N) is 1. The molecule has 0 saturated carbocycles. The quantitative estimate of drug-likeness (QED) is 0.207. The fraction of sp³-hybridized carbons (Fsp3) is 0.300. The van der Waals surface area contributed by atoms with Gasteiger partial charge in [0.25, 0.3) is 0 Å². The predicted molar refractivity (Wildman–Crippen MR) is 148 cm³/mol. The Kier molecular flexibility index (Phi) is 8.72. The maximum atomic E-state index is 13.6. The number of hydrogen-bond donors (Lipinski definition) is 2. The van der Waals surface area contributed by atoms with Crippen LogP contribution >= 0.6 is 11.6 Å². The van der Waals surface area contributed by atoms with Gasteiger partial charge in [-0.3, -0.25) is 4.79 Å². The number of aromatic nitrogens is 2. The largest absolute Gasteiger partial charge is 0.444 e. The first-order valence-corrected chi connectivity index (χ1v) is 13.2. The van der Waals surface area contributed by atoms with Crippen LogP contribution in [0, 0.1) is 5.82 Å². The number of carbonyl (C=O) groups excluding carboxylic acids is 2. The molecule has 0 bridgehead atoms. The molecule has 0 aliphatic rings. The number of aryl methyl sites for hydroxylation is 1. The Labute approximate surface area is 239 Å². The second-order valence-corrected chi connectivity index (χ2v) is 11.0. The summed E-state index contributed by atoms with van der Waals surface area (Å²) in [4.78, 5) is 33.4. The molecule has 1 amide bonds. The molecule has 0 radical (unpaired) electrons. The average Bonchev–Trinajstić information content (AvgIpc) is 3.29. The Morgan fingerprint density at radius 1 is 1.02 bits per heavy atom. The summed E-state index contributed by atoms with van der Waals surface area (Å²) in [5, 5.41) is 2.52. The molecule has 1 atom stereocenters. The van der Waals surface area contributed by atoms with E-state index in [9.17, 15) is 27.2 Å². The number of fused-ring (bicyclic) bond motifs is 1. The highest BCUT2D eigenvalue weighted by Crippen LogP contribution is 2.30. The zero-order valence-electron chi connectivity index (χ0n) is 22.5. The first kappa shape index (κ1) is 30.0. The first-order chi connectivity index (χ1) is 19.2. The van der Waals surface area contributed by atoms with E-state index in [4.69, 9.17) is 16.3 Å². The number of imidazole rings is 1. The Morgan fingerprint density at radius 2 is 1.73 bits per heavy atom. The number of benzene rings is 3. The minimum absolute atomic E-state index is 0.00564. The minimum Gasteiger partial charge on any atom is -0.444 e. The molecule has 0 aliphatic heterocycles. The molecule has 0 saturated heterocycles. The van der Waals surface area contributed by atoms with Crippen molar-refractivity contribution in [3.63, 3.8) is 0 Å². The highest BCUT2D eigenvalue weighted by Gasteiger charge is 2.31. The third-order valence-corrected chi connectivity index (χ3v) is 6.46. The SMILES string of the molecule is CC(C)(C)OC(=O)N[C@H](Cc1cccc(C(F)(F)F)c1)C(=O)CCc1nc2ccc(-c3ccc(F)c(Cl)c3)cc2[nH]1. The van der Waals surface area contributed by atoms with E-state index in [1.54, 1.807) is 32.9 Å². The summed E-state index contributed by atoms with van der Waals surface area (Å²) < 4.78 is 58.5. The van der Waals surface area contributed by atoms with E-state index in [0.717, 1.165) is 23.3 Å². The van der Waals surface area contributed by atoms with Crippen molar-refractivity contribution in [3.8, 4) is 11.1 Å². The van der Waals surface area contributed by atoms with E-state index >= 15 is 0 Å². The fourth-order valence-corrected chi connectivity index (χ4v) is 4.44. The van der Waals surface area contributed by atoms with Crippen LogP contribution in [0.3, 0.4) is 0 Å². The van der Waals surface area contributed by atoms with Crippen molar-refractivity contribution >= 4 is 34.5 Å². The van der Waals surface area contributed by atoms with Crippen LogP contribution in [0.25, 0.3) is 22.2 Å². The van der Waals surface area contributed by atoms with E-state index in [2.05, 4.69) is 15.3 Å². The lowest BCUT2D eigenvalue weighted by molar-refractivity contribution is -0.137. The van der Waals surface area contributed by atoms with Gasteiger partial charge in [0.15, 0.2) is 5.78 Å². The number of hydrogen-bond acceptors (Lipinski definition) is 4. The number of aromatic amines is 1. The second-order valence-electron chi connectivity index (χ2n) is 10.6. The summed E-state index contributed by atoms with van der Waals surface area (Å²) in [6, 6.07) is 13.4. The molecule has 2 N–H and O–H groups in total. The predicted octanol–water partition coefficient (Wildman–Crippen LogP) is 7.68. The molecule has 0 spiro atoms. The van der Waals surface area contributed by atoms with Gasteiger partial charge in [-0.1, -0.05) is 41.9 Å². The van der Waals surface area contributed by atoms with E-state index in [1.165, 1.54) is 24.3 Å². The lowest BCUT2D eigenvalue weighted by Crippen LogP contribution is -2.44. The van der Waals surface area contributed by atoms with Gasteiger partial charge >= 0.3 is 12.3 Å². The van der Waals surface area contributed by atoms with Gasteiger partial charge in [-0.15, -0.1) is 0 Å². The number of alkyl halides is 3. The van der Waals surface area contributed by atoms with Crippen LogP contribution in [0.4, 0.5) is 22.4 Å². The second kappa shape index (κ2) is 11.9. The molecular formula is C30H28ClF4N3O3. The van der Waals surface area contributed by atoms with Crippen molar-refractivity contribution in [2.45, 2.75) is 57.9 Å². The van der Waals surface area contributed by atoms with Gasteiger partial charge < -0.3 is 15.0 Å². The summed E-state index contributed by atoms with van der Waals surface area (Å²) in [6.45, 7) is 4.98. The average molecular weight is 590 g/mol. The third-order valence-electron chi connectivity index (χ3n) is 6.17. The zero-order chi connectivity index (χ0) is 29.9. The van der Waals surface area contributed by atoms with Gasteiger partial charge in [-0.25, -0.2) is 14.2 Å². The van der Waals surface area contributed by atoms with Gasteiger partial charge in [0.2, 0.25) is 0 Å². The Bertz CT molecular complexity index is 1580. The number of amides is 1. The molecule has 3 aromatic carbocycles. The van der Waals surface area contributed by atoms with E-state index < -0.39 is 41.1 Å². The molecular weight excluding hydrogens is 562 g/mol. The molecule has 41 heavy (non-hydrogen) atoms. The van der Waals surface area contributed by atoms with Gasteiger partial charge in [-0.05, 0) is 74.2 Å². The van der Waals surface area contributed by atoms with Crippen LogP contribution in [-0.4, -0.2) is 33.5 Å². The van der Waals surface area contributed by atoms with Crippen molar-refractivity contribution in [3.05, 3.63) is 88.5 Å². The number of nitrogens with one attached hydrogen (secondary N) is 2.